The first-order valence-electron chi connectivity index (χ1n) is 6.70. The molecule has 0 saturated carbocycles. The lowest BCUT2D eigenvalue weighted by Gasteiger charge is -2.10. The van der Waals surface area contributed by atoms with Crippen LogP contribution < -0.4 is 11.2 Å². The molecule has 110 valence electrons. The Labute approximate surface area is 117 Å². The number of hydrogen-bond donors (Lipinski definition) is 1. The quantitative estimate of drug-likeness (QED) is 0.864. The molecule has 1 N–H and O–H groups in total. The van der Waals surface area contributed by atoms with E-state index in [9.17, 15) is 9.59 Å². The SMILES string of the molecule is Cc1cn(C2=C[C@@H](COCC(C)C)OC2)c(=O)[nH]c1=O. The molecular formula is C14H20N2O4. The zero-order valence-electron chi connectivity index (χ0n) is 12.0. The van der Waals surface area contributed by atoms with Crippen molar-refractivity contribution < 1.29 is 9.47 Å². The topological polar surface area (TPSA) is 73.3 Å². The first-order valence-corrected chi connectivity index (χ1v) is 6.70. The van der Waals surface area contributed by atoms with E-state index in [0.29, 0.717) is 31.3 Å². The van der Waals surface area contributed by atoms with Crippen molar-refractivity contribution in [3.63, 3.8) is 0 Å². The van der Waals surface area contributed by atoms with Gasteiger partial charge in [0.1, 0.15) is 6.10 Å². The average molecular weight is 280 g/mol. The smallest absolute Gasteiger partial charge is 0.332 e. The highest BCUT2D eigenvalue weighted by Crippen LogP contribution is 2.15. The third-order valence-electron chi connectivity index (χ3n) is 2.99. The Bertz CT molecular complexity index is 612. The molecule has 0 bridgehead atoms. The lowest BCUT2D eigenvalue weighted by atomic mass is 10.2. The molecule has 1 aliphatic rings. The van der Waals surface area contributed by atoms with Gasteiger partial charge in [0.15, 0.2) is 0 Å². The summed E-state index contributed by atoms with van der Waals surface area (Å²) in [7, 11) is 0. The van der Waals surface area contributed by atoms with Crippen LogP contribution in [0, 0.1) is 12.8 Å². The molecule has 1 aliphatic heterocycles. The number of nitrogens with one attached hydrogen (secondary N) is 1. The van der Waals surface area contributed by atoms with Gasteiger partial charge in [-0.25, -0.2) is 4.79 Å². The first-order chi connectivity index (χ1) is 9.47. The molecule has 0 aromatic carbocycles. The van der Waals surface area contributed by atoms with Gasteiger partial charge in [0.2, 0.25) is 0 Å². The molecule has 0 radical (unpaired) electrons. The van der Waals surface area contributed by atoms with Gasteiger partial charge in [-0.2, -0.15) is 0 Å². The van der Waals surface area contributed by atoms with E-state index in [-0.39, 0.29) is 11.7 Å². The van der Waals surface area contributed by atoms with Gasteiger partial charge in [0, 0.05) is 18.4 Å². The zero-order chi connectivity index (χ0) is 14.7. The maximum Gasteiger partial charge on any atom is 0.332 e. The van der Waals surface area contributed by atoms with Crippen molar-refractivity contribution >= 4 is 5.70 Å². The van der Waals surface area contributed by atoms with Gasteiger partial charge >= 0.3 is 5.69 Å². The summed E-state index contributed by atoms with van der Waals surface area (Å²) in [5.74, 6) is 0.476. The number of ether oxygens (including phenoxy) is 2. The fraction of sp³-hybridized carbons (Fsp3) is 0.571. The molecule has 0 aliphatic carbocycles. The molecule has 0 spiro atoms. The molecule has 1 atom stereocenters. The van der Waals surface area contributed by atoms with Crippen molar-refractivity contribution in [3.05, 3.63) is 38.7 Å². The van der Waals surface area contributed by atoms with Gasteiger partial charge in [0.25, 0.3) is 5.56 Å². The molecule has 0 fully saturated rings. The number of hydrogen-bond acceptors (Lipinski definition) is 4. The number of nitrogens with zero attached hydrogens (tertiary/aromatic N) is 1. The third-order valence-corrected chi connectivity index (χ3v) is 2.99. The first kappa shape index (κ1) is 14.7. The minimum Gasteiger partial charge on any atom is -0.378 e. The highest BCUT2D eigenvalue weighted by Gasteiger charge is 2.19. The van der Waals surface area contributed by atoms with Crippen LogP contribution in [0.4, 0.5) is 0 Å². The van der Waals surface area contributed by atoms with E-state index in [1.54, 1.807) is 6.92 Å². The van der Waals surface area contributed by atoms with E-state index in [0.717, 1.165) is 5.70 Å². The fourth-order valence-electron chi connectivity index (χ4n) is 1.95. The van der Waals surface area contributed by atoms with Gasteiger partial charge in [-0.3, -0.25) is 14.3 Å². The van der Waals surface area contributed by atoms with Gasteiger partial charge in [-0.15, -0.1) is 0 Å². The predicted octanol–water partition coefficient (Wildman–Crippen LogP) is 0.757. The number of aromatic amines is 1. The second-order valence-corrected chi connectivity index (χ2v) is 5.38. The summed E-state index contributed by atoms with van der Waals surface area (Å²) in [6, 6.07) is 0. The lowest BCUT2D eigenvalue weighted by molar-refractivity contribution is 0.0207. The summed E-state index contributed by atoms with van der Waals surface area (Å²) in [6.07, 6.45) is 3.25. The van der Waals surface area contributed by atoms with Crippen molar-refractivity contribution in [1.29, 1.82) is 0 Å². The summed E-state index contributed by atoms with van der Waals surface area (Å²) in [6.45, 7) is 7.31. The Hall–Kier alpha value is -1.66. The summed E-state index contributed by atoms with van der Waals surface area (Å²) in [5, 5.41) is 0. The predicted molar refractivity (Wildman–Crippen MR) is 75.7 cm³/mol. The Morgan fingerprint density at radius 3 is 2.95 bits per heavy atom. The Morgan fingerprint density at radius 2 is 2.25 bits per heavy atom. The van der Waals surface area contributed by atoms with Crippen LogP contribution in [0.15, 0.2) is 21.9 Å². The average Bonchev–Trinajstić information content (AvgIpc) is 2.82. The van der Waals surface area contributed by atoms with Crippen LogP contribution >= 0.6 is 0 Å². The summed E-state index contributed by atoms with van der Waals surface area (Å²) < 4.78 is 12.5. The molecule has 6 nitrogen and oxygen atoms in total. The Morgan fingerprint density at radius 1 is 1.50 bits per heavy atom. The van der Waals surface area contributed by atoms with Crippen LogP contribution in [0.1, 0.15) is 19.4 Å². The zero-order valence-corrected chi connectivity index (χ0v) is 12.0. The third kappa shape index (κ3) is 3.46. The largest absolute Gasteiger partial charge is 0.378 e. The number of rotatable bonds is 5. The minimum absolute atomic E-state index is 0.150. The molecule has 20 heavy (non-hydrogen) atoms. The van der Waals surface area contributed by atoms with Crippen LogP contribution in [-0.4, -0.2) is 35.5 Å². The van der Waals surface area contributed by atoms with Crippen LogP contribution in [0.25, 0.3) is 5.70 Å². The second-order valence-electron chi connectivity index (χ2n) is 5.38. The van der Waals surface area contributed by atoms with Crippen molar-refractivity contribution in [2.24, 2.45) is 5.92 Å². The van der Waals surface area contributed by atoms with Crippen molar-refractivity contribution in [3.8, 4) is 0 Å². The molecular weight excluding hydrogens is 260 g/mol. The Kier molecular flexibility index (Phi) is 4.57. The van der Waals surface area contributed by atoms with E-state index in [1.807, 2.05) is 6.08 Å². The van der Waals surface area contributed by atoms with E-state index < -0.39 is 5.69 Å². The van der Waals surface area contributed by atoms with Gasteiger partial charge in [-0.05, 0) is 18.9 Å². The minimum atomic E-state index is -0.445. The van der Waals surface area contributed by atoms with Crippen molar-refractivity contribution in [2.45, 2.75) is 26.9 Å². The normalized spacial score (nSPS) is 18.6. The molecule has 6 heteroatoms. The molecule has 0 unspecified atom stereocenters. The maximum atomic E-state index is 11.8. The molecule has 1 aromatic heterocycles. The molecule has 2 heterocycles. The second kappa shape index (κ2) is 6.19. The fourth-order valence-corrected chi connectivity index (χ4v) is 1.95. The van der Waals surface area contributed by atoms with Crippen molar-refractivity contribution in [1.82, 2.24) is 9.55 Å². The number of aryl methyl sites for hydroxylation is 1. The van der Waals surface area contributed by atoms with Gasteiger partial charge < -0.3 is 9.47 Å². The van der Waals surface area contributed by atoms with Crippen LogP contribution in [0.2, 0.25) is 0 Å². The molecule has 1 aromatic rings. The molecule has 0 amide bonds. The van der Waals surface area contributed by atoms with E-state index in [4.69, 9.17) is 9.47 Å². The monoisotopic (exact) mass is 280 g/mol. The summed E-state index contributed by atoms with van der Waals surface area (Å²) in [5.41, 5.74) is 0.416. The summed E-state index contributed by atoms with van der Waals surface area (Å²) >= 11 is 0. The van der Waals surface area contributed by atoms with E-state index >= 15 is 0 Å². The summed E-state index contributed by atoms with van der Waals surface area (Å²) in [4.78, 5) is 25.4. The van der Waals surface area contributed by atoms with Crippen LogP contribution in [0.3, 0.4) is 0 Å². The van der Waals surface area contributed by atoms with Gasteiger partial charge in [0.05, 0.1) is 18.9 Å². The lowest BCUT2D eigenvalue weighted by Crippen LogP contribution is -2.30. The number of H-pyrrole nitrogens is 1. The highest BCUT2D eigenvalue weighted by molar-refractivity contribution is 5.49. The van der Waals surface area contributed by atoms with Gasteiger partial charge in [-0.1, -0.05) is 13.8 Å². The molecule has 0 saturated heterocycles. The standard InChI is InChI=1S/C14H20N2O4/c1-9(2)6-19-8-12-4-11(7-20-12)16-5-10(3)13(17)15-14(16)18/h4-5,9,12H,6-8H2,1-3H3,(H,15,17,18)/t12-/m0/s1. The maximum absolute atomic E-state index is 11.8. The van der Waals surface area contributed by atoms with E-state index in [2.05, 4.69) is 18.8 Å². The highest BCUT2D eigenvalue weighted by atomic mass is 16.5. The number of aromatic nitrogens is 2. The van der Waals surface area contributed by atoms with Crippen molar-refractivity contribution in [2.75, 3.05) is 19.8 Å². The molecule has 2 rings (SSSR count). The van der Waals surface area contributed by atoms with E-state index in [1.165, 1.54) is 10.8 Å². The van der Waals surface area contributed by atoms with Crippen LogP contribution in [-0.2, 0) is 9.47 Å². The van der Waals surface area contributed by atoms with Crippen LogP contribution in [0.5, 0.6) is 0 Å². The Balaban J connectivity index is 2.09.